The molecule has 0 spiro atoms. The number of benzene rings is 1. The molecule has 1 aliphatic rings. The highest BCUT2D eigenvalue weighted by Gasteiger charge is 2.25. The van der Waals surface area contributed by atoms with Crippen molar-refractivity contribution in [1.29, 1.82) is 0 Å². The Labute approximate surface area is 98.0 Å². The summed E-state index contributed by atoms with van der Waals surface area (Å²) in [5.41, 5.74) is 0.325. The lowest BCUT2D eigenvalue weighted by molar-refractivity contribution is -0.116. The van der Waals surface area contributed by atoms with E-state index in [4.69, 9.17) is 4.74 Å². The van der Waals surface area contributed by atoms with Crippen molar-refractivity contribution in [2.24, 2.45) is 0 Å². The van der Waals surface area contributed by atoms with Gasteiger partial charge in [0.05, 0.1) is 6.54 Å². The minimum atomic E-state index is -0.570. The first-order valence-corrected chi connectivity index (χ1v) is 5.33. The molecule has 0 saturated carbocycles. The fraction of sp³-hybridized carbons (Fsp3) is 0.333. The Kier molecular flexibility index (Phi) is 3.37. The second-order valence-corrected chi connectivity index (χ2v) is 3.86. The van der Waals surface area contributed by atoms with Crippen LogP contribution in [0.4, 0.5) is 9.18 Å². The van der Waals surface area contributed by atoms with Gasteiger partial charge in [-0.1, -0.05) is 18.2 Å². The first-order chi connectivity index (χ1) is 8.16. The van der Waals surface area contributed by atoms with Gasteiger partial charge in [0.25, 0.3) is 0 Å². The number of carbonyl (C=O) groups is 2. The molecule has 5 heteroatoms. The molecule has 1 aliphatic heterocycles. The molecule has 0 atom stereocenters. The van der Waals surface area contributed by atoms with Crippen molar-refractivity contribution >= 4 is 11.9 Å². The fourth-order valence-corrected chi connectivity index (χ4v) is 1.63. The van der Waals surface area contributed by atoms with Crippen molar-refractivity contribution in [3.05, 3.63) is 35.6 Å². The van der Waals surface area contributed by atoms with E-state index >= 15 is 0 Å². The highest BCUT2D eigenvalue weighted by Crippen LogP contribution is 2.11. The summed E-state index contributed by atoms with van der Waals surface area (Å²) in [6, 6.07) is 6.10. The van der Waals surface area contributed by atoms with E-state index in [1.165, 1.54) is 11.0 Å². The zero-order chi connectivity index (χ0) is 12.3. The maximum absolute atomic E-state index is 13.2. The number of Topliss-reactive ketones (excluding diaryl/α,β-unsaturated/α-hetero) is 1. The Hall–Kier alpha value is -1.91. The molecule has 0 aliphatic carbocycles. The third-order valence-electron chi connectivity index (χ3n) is 2.59. The minimum Gasteiger partial charge on any atom is -0.444 e. The summed E-state index contributed by atoms with van der Waals surface area (Å²) in [7, 11) is 0. The lowest BCUT2D eigenvalue weighted by atomic mass is 10.2. The Morgan fingerprint density at radius 3 is 2.82 bits per heavy atom. The quantitative estimate of drug-likeness (QED) is 0.787. The number of likely N-dealkylation sites (tertiary alicyclic amines) is 1. The predicted molar refractivity (Wildman–Crippen MR) is 57.8 cm³/mol. The van der Waals surface area contributed by atoms with E-state index < -0.39 is 11.9 Å². The predicted octanol–water partition coefficient (Wildman–Crippen LogP) is 1.74. The van der Waals surface area contributed by atoms with Gasteiger partial charge in [0.1, 0.15) is 12.4 Å². The monoisotopic (exact) mass is 237 g/mol. The van der Waals surface area contributed by atoms with Gasteiger partial charge in [-0.3, -0.25) is 4.79 Å². The molecule has 0 unspecified atom stereocenters. The molecule has 1 aromatic rings. The van der Waals surface area contributed by atoms with Crippen molar-refractivity contribution in [3.63, 3.8) is 0 Å². The van der Waals surface area contributed by atoms with Crippen molar-refractivity contribution in [3.8, 4) is 0 Å². The molecule has 17 heavy (non-hydrogen) atoms. The smallest absolute Gasteiger partial charge is 0.410 e. The zero-order valence-corrected chi connectivity index (χ0v) is 9.19. The summed E-state index contributed by atoms with van der Waals surface area (Å²) in [5, 5.41) is 0. The van der Waals surface area contributed by atoms with Crippen LogP contribution in [0.15, 0.2) is 24.3 Å². The lowest BCUT2D eigenvalue weighted by Crippen LogP contribution is -2.29. The largest absolute Gasteiger partial charge is 0.444 e. The summed E-state index contributed by atoms with van der Waals surface area (Å²) in [4.78, 5) is 23.8. The summed E-state index contributed by atoms with van der Waals surface area (Å²) in [5.74, 6) is -0.384. The molecule has 1 aromatic carbocycles. The third kappa shape index (κ3) is 2.81. The fourth-order valence-electron chi connectivity index (χ4n) is 1.63. The van der Waals surface area contributed by atoms with E-state index in [1.54, 1.807) is 18.2 Å². The highest BCUT2D eigenvalue weighted by molar-refractivity contribution is 5.87. The van der Waals surface area contributed by atoms with Gasteiger partial charge in [0.15, 0.2) is 5.78 Å². The average Bonchev–Trinajstić information content (AvgIpc) is 2.74. The molecule has 1 amide bonds. The molecule has 0 N–H and O–H groups in total. The molecule has 1 heterocycles. The Bertz CT molecular complexity index is 447. The van der Waals surface area contributed by atoms with Crippen LogP contribution in [0.25, 0.3) is 0 Å². The highest BCUT2D eigenvalue weighted by atomic mass is 19.1. The SMILES string of the molecule is O=C1CCN(C(=O)OCc2ccccc2F)C1. The number of halogens is 1. The maximum Gasteiger partial charge on any atom is 0.410 e. The van der Waals surface area contributed by atoms with E-state index in [0.717, 1.165) is 0 Å². The number of amides is 1. The van der Waals surface area contributed by atoms with E-state index in [2.05, 4.69) is 0 Å². The second-order valence-electron chi connectivity index (χ2n) is 3.86. The molecular formula is C12H12FNO3. The molecular weight excluding hydrogens is 225 g/mol. The first kappa shape index (κ1) is 11.6. The number of ether oxygens (including phenoxy) is 1. The molecule has 0 radical (unpaired) electrons. The number of nitrogens with zero attached hydrogens (tertiary/aromatic N) is 1. The van der Waals surface area contributed by atoms with Crippen LogP contribution in [0.1, 0.15) is 12.0 Å². The van der Waals surface area contributed by atoms with Gasteiger partial charge >= 0.3 is 6.09 Å². The molecule has 4 nitrogen and oxygen atoms in total. The second kappa shape index (κ2) is 4.95. The van der Waals surface area contributed by atoms with Gasteiger partial charge in [-0.05, 0) is 6.07 Å². The van der Waals surface area contributed by atoms with Crippen molar-refractivity contribution < 1.29 is 18.7 Å². The number of hydrogen-bond acceptors (Lipinski definition) is 3. The first-order valence-electron chi connectivity index (χ1n) is 5.33. The van der Waals surface area contributed by atoms with Gasteiger partial charge in [-0.15, -0.1) is 0 Å². The summed E-state index contributed by atoms with van der Waals surface area (Å²) >= 11 is 0. The summed E-state index contributed by atoms with van der Waals surface area (Å²) in [6.07, 6.45) is -0.200. The van der Waals surface area contributed by atoms with Gasteiger partial charge in [0.2, 0.25) is 0 Å². The van der Waals surface area contributed by atoms with Crippen LogP contribution in [0.5, 0.6) is 0 Å². The van der Waals surface area contributed by atoms with Gasteiger partial charge in [-0.25, -0.2) is 9.18 Å². The lowest BCUT2D eigenvalue weighted by Gasteiger charge is -2.14. The van der Waals surface area contributed by atoms with Crippen LogP contribution >= 0.6 is 0 Å². The molecule has 0 bridgehead atoms. The zero-order valence-electron chi connectivity index (χ0n) is 9.19. The standard InChI is InChI=1S/C12H12FNO3/c13-11-4-2-1-3-9(11)8-17-12(16)14-6-5-10(15)7-14/h1-4H,5-8H2. The Morgan fingerprint density at radius 1 is 1.41 bits per heavy atom. The van der Waals surface area contributed by atoms with E-state index in [1.807, 2.05) is 0 Å². The molecule has 0 aromatic heterocycles. The topological polar surface area (TPSA) is 46.6 Å². The van der Waals surface area contributed by atoms with E-state index in [9.17, 15) is 14.0 Å². The van der Waals surface area contributed by atoms with Gasteiger partial charge in [-0.2, -0.15) is 0 Å². The van der Waals surface area contributed by atoms with E-state index in [0.29, 0.717) is 18.5 Å². The molecule has 1 fully saturated rings. The van der Waals surface area contributed by atoms with E-state index in [-0.39, 0.29) is 18.9 Å². The third-order valence-corrected chi connectivity index (χ3v) is 2.59. The van der Waals surface area contributed by atoms with Crippen LogP contribution in [0.2, 0.25) is 0 Å². The average molecular weight is 237 g/mol. The maximum atomic E-state index is 13.2. The summed E-state index contributed by atoms with van der Waals surface area (Å²) in [6.45, 7) is 0.362. The van der Waals surface area contributed by atoms with Crippen LogP contribution in [0, 0.1) is 5.82 Å². The normalized spacial score (nSPS) is 15.1. The Balaban J connectivity index is 1.88. The van der Waals surface area contributed by atoms with Crippen molar-refractivity contribution in [2.45, 2.75) is 13.0 Å². The molecule has 2 rings (SSSR count). The molecule has 1 saturated heterocycles. The molecule has 90 valence electrons. The number of hydrogen-bond donors (Lipinski definition) is 0. The number of ketones is 1. The van der Waals surface area contributed by atoms with Crippen molar-refractivity contribution in [1.82, 2.24) is 4.90 Å². The van der Waals surface area contributed by atoms with Crippen LogP contribution in [-0.4, -0.2) is 29.9 Å². The van der Waals surface area contributed by atoms with Crippen LogP contribution in [-0.2, 0) is 16.1 Å². The summed E-state index contributed by atoms with van der Waals surface area (Å²) < 4.78 is 18.2. The van der Waals surface area contributed by atoms with Crippen molar-refractivity contribution in [2.75, 3.05) is 13.1 Å². The Morgan fingerprint density at radius 2 is 2.18 bits per heavy atom. The van der Waals surface area contributed by atoms with Crippen LogP contribution in [0.3, 0.4) is 0 Å². The minimum absolute atomic E-state index is 0.0211. The number of rotatable bonds is 2. The van der Waals surface area contributed by atoms with Gasteiger partial charge < -0.3 is 9.64 Å². The van der Waals surface area contributed by atoms with Gasteiger partial charge in [0, 0.05) is 18.5 Å². The van der Waals surface area contributed by atoms with Crippen LogP contribution < -0.4 is 0 Å². The number of carbonyl (C=O) groups excluding carboxylic acids is 2.